The first-order chi connectivity index (χ1) is 14.9. The van der Waals surface area contributed by atoms with Gasteiger partial charge in [0.2, 0.25) is 5.91 Å². The number of hydrogen-bond donors (Lipinski definition) is 1. The Labute approximate surface area is 181 Å². The van der Waals surface area contributed by atoms with E-state index < -0.39 is 11.4 Å². The molecule has 1 aromatic heterocycles. The number of carbonyl (C=O) groups is 1. The summed E-state index contributed by atoms with van der Waals surface area (Å²) in [4.78, 5) is 31.1. The molecular formula is C24H30FN3O3. The monoisotopic (exact) mass is 427 g/mol. The molecule has 1 amide bonds. The highest BCUT2D eigenvalue weighted by Gasteiger charge is 2.34. The third kappa shape index (κ3) is 5.21. The van der Waals surface area contributed by atoms with Crippen molar-refractivity contribution in [3.8, 4) is 11.3 Å². The van der Waals surface area contributed by atoms with E-state index >= 15 is 0 Å². The fourth-order valence-electron chi connectivity index (χ4n) is 4.79. The van der Waals surface area contributed by atoms with Gasteiger partial charge in [0.1, 0.15) is 5.82 Å². The van der Waals surface area contributed by atoms with Crippen molar-refractivity contribution in [2.24, 2.45) is 5.92 Å². The van der Waals surface area contributed by atoms with E-state index in [-0.39, 0.29) is 29.3 Å². The number of aromatic nitrogens is 2. The van der Waals surface area contributed by atoms with Crippen molar-refractivity contribution in [1.29, 1.82) is 0 Å². The molecule has 1 N–H and O–H groups in total. The van der Waals surface area contributed by atoms with E-state index in [1.54, 1.807) is 18.2 Å². The number of amides is 1. The van der Waals surface area contributed by atoms with E-state index in [9.17, 15) is 19.1 Å². The first-order valence-electron chi connectivity index (χ1n) is 11.3. The molecule has 6 nitrogen and oxygen atoms in total. The van der Waals surface area contributed by atoms with Gasteiger partial charge in [0.25, 0.3) is 5.56 Å². The second kappa shape index (κ2) is 9.30. The van der Waals surface area contributed by atoms with Gasteiger partial charge in [-0.15, -0.1) is 0 Å². The third-order valence-corrected chi connectivity index (χ3v) is 6.78. The summed E-state index contributed by atoms with van der Waals surface area (Å²) in [5, 5.41) is 11.0. The maximum atomic E-state index is 14.0. The molecule has 1 aliphatic carbocycles. The zero-order valence-electron chi connectivity index (χ0n) is 17.8. The molecule has 1 saturated carbocycles. The molecule has 1 aliphatic heterocycles. The molecule has 2 aliphatic rings. The van der Waals surface area contributed by atoms with Crippen molar-refractivity contribution < 1.29 is 14.3 Å². The van der Waals surface area contributed by atoms with Gasteiger partial charge >= 0.3 is 0 Å². The van der Waals surface area contributed by atoms with Crippen molar-refractivity contribution in [2.45, 2.75) is 63.5 Å². The lowest BCUT2D eigenvalue weighted by Crippen LogP contribution is -2.49. The van der Waals surface area contributed by atoms with Crippen LogP contribution in [0.15, 0.2) is 41.5 Å². The molecule has 7 heteroatoms. The Morgan fingerprint density at radius 1 is 1.19 bits per heavy atom. The number of benzene rings is 1. The number of halogens is 1. The third-order valence-electron chi connectivity index (χ3n) is 6.78. The van der Waals surface area contributed by atoms with Gasteiger partial charge in [0.15, 0.2) is 0 Å². The van der Waals surface area contributed by atoms with Gasteiger partial charge in [-0.3, -0.25) is 14.2 Å². The molecule has 166 valence electrons. The average Bonchev–Trinajstić information content (AvgIpc) is 3.28. The maximum absolute atomic E-state index is 14.0. The van der Waals surface area contributed by atoms with Gasteiger partial charge < -0.3 is 10.0 Å². The van der Waals surface area contributed by atoms with Crippen molar-refractivity contribution in [1.82, 2.24) is 14.5 Å². The molecule has 0 radical (unpaired) electrons. The van der Waals surface area contributed by atoms with Crippen LogP contribution in [0.5, 0.6) is 0 Å². The first-order valence-corrected chi connectivity index (χ1v) is 11.3. The van der Waals surface area contributed by atoms with Crippen molar-refractivity contribution in [2.75, 3.05) is 13.1 Å². The number of piperidine rings is 1. The van der Waals surface area contributed by atoms with Crippen LogP contribution in [0, 0.1) is 11.7 Å². The normalized spacial score (nSPS) is 19.0. The largest absolute Gasteiger partial charge is 0.388 e. The molecule has 0 bridgehead atoms. The Balaban J connectivity index is 1.34. The van der Waals surface area contributed by atoms with Crippen LogP contribution in [0.2, 0.25) is 0 Å². The highest BCUT2D eigenvalue weighted by Crippen LogP contribution is 2.30. The minimum Gasteiger partial charge on any atom is -0.388 e. The zero-order valence-corrected chi connectivity index (χ0v) is 17.8. The predicted molar refractivity (Wildman–Crippen MR) is 116 cm³/mol. The average molecular weight is 428 g/mol. The molecular weight excluding hydrogens is 397 g/mol. The van der Waals surface area contributed by atoms with Gasteiger partial charge in [-0.05, 0) is 37.3 Å². The van der Waals surface area contributed by atoms with Crippen molar-refractivity contribution in [3.05, 3.63) is 52.8 Å². The fraction of sp³-hybridized carbons (Fsp3) is 0.542. The van der Waals surface area contributed by atoms with Crippen LogP contribution >= 0.6 is 0 Å². The Bertz CT molecular complexity index is 976. The van der Waals surface area contributed by atoms with Crippen LogP contribution in [0.25, 0.3) is 11.3 Å². The Morgan fingerprint density at radius 2 is 1.90 bits per heavy atom. The molecule has 0 spiro atoms. The molecule has 31 heavy (non-hydrogen) atoms. The van der Waals surface area contributed by atoms with E-state index in [1.165, 1.54) is 48.7 Å². The summed E-state index contributed by atoms with van der Waals surface area (Å²) in [7, 11) is 0. The second-order valence-electron chi connectivity index (χ2n) is 9.01. The lowest BCUT2D eigenvalue weighted by atomic mass is 9.90. The van der Waals surface area contributed by atoms with Crippen molar-refractivity contribution >= 4 is 5.91 Å². The summed E-state index contributed by atoms with van der Waals surface area (Å²) >= 11 is 0. The first kappa shape index (κ1) is 21.7. The highest BCUT2D eigenvalue weighted by atomic mass is 19.1. The van der Waals surface area contributed by atoms with E-state index in [1.807, 2.05) is 4.90 Å². The van der Waals surface area contributed by atoms with Crippen LogP contribution in [0.3, 0.4) is 0 Å². The molecule has 4 rings (SSSR count). The minimum atomic E-state index is -1.06. The van der Waals surface area contributed by atoms with Gasteiger partial charge in [-0.25, -0.2) is 9.37 Å². The summed E-state index contributed by atoms with van der Waals surface area (Å²) in [6, 6.07) is 7.48. The van der Waals surface area contributed by atoms with Gasteiger partial charge in [0.05, 0.1) is 24.2 Å². The van der Waals surface area contributed by atoms with Crippen LogP contribution in [0.1, 0.15) is 51.4 Å². The number of hydrogen-bond acceptors (Lipinski definition) is 4. The van der Waals surface area contributed by atoms with Crippen LogP contribution in [0.4, 0.5) is 4.39 Å². The summed E-state index contributed by atoms with van der Waals surface area (Å²) < 4.78 is 15.3. The lowest BCUT2D eigenvalue weighted by molar-refractivity contribution is -0.136. The molecule has 0 unspecified atom stereocenters. The number of aliphatic hydroxyl groups is 1. The molecule has 1 saturated heterocycles. The van der Waals surface area contributed by atoms with Crippen LogP contribution in [-0.2, 0) is 11.3 Å². The molecule has 2 fully saturated rings. The topological polar surface area (TPSA) is 75.4 Å². The van der Waals surface area contributed by atoms with E-state index in [2.05, 4.69) is 4.98 Å². The van der Waals surface area contributed by atoms with Gasteiger partial charge in [0, 0.05) is 31.1 Å². The summed E-state index contributed by atoms with van der Waals surface area (Å²) in [5.74, 6) is 0.426. The number of likely N-dealkylation sites (tertiary alicyclic amines) is 1. The summed E-state index contributed by atoms with van der Waals surface area (Å²) in [5.41, 5.74) is -0.853. The lowest BCUT2D eigenvalue weighted by Gasteiger charge is -2.38. The fourth-order valence-corrected chi connectivity index (χ4v) is 4.79. The number of nitrogens with zero attached hydrogens (tertiary/aromatic N) is 3. The van der Waals surface area contributed by atoms with Crippen LogP contribution < -0.4 is 5.56 Å². The number of rotatable bonds is 6. The summed E-state index contributed by atoms with van der Waals surface area (Å²) in [6.07, 6.45) is 8.81. The predicted octanol–water partition coefficient (Wildman–Crippen LogP) is 3.37. The van der Waals surface area contributed by atoms with Gasteiger partial charge in [-0.2, -0.15) is 0 Å². The summed E-state index contributed by atoms with van der Waals surface area (Å²) in [6.45, 7) is 1.10. The Morgan fingerprint density at radius 3 is 2.58 bits per heavy atom. The van der Waals surface area contributed by atoms with Crippen LogP contribution in [-0.4, -0.2) is 44.2 Å². The molecule has 1 aromatic carbocycles. The molecule has 2 aromatic rings. The van der Waals surface area contributed by atoms with E-state index in [0.29, 0.717) is 38.3 Å². The standard InChI is InChI=1S/C24H30FN3O3/c25-20-8-4-3-7-19(20)21-15-23(30)28(17-26-21)16-24(31)11-13-27(14-12-24)22(29)10-9-18-5-1-2-6-18/h3-4,7-8,15,17-18,31H,1-2,5-6,9-14,16H2. The van der Waals surface area contributed by atoms with E-state index in [0.717, 1.165) is 6.42 Å². The highest BCUT2D eigenvalue weighted by molar-refractivity contribution is 5.76. The minimum absolute atomic E-state index is 0.112. The maximum Gasteiger partial charge on any atom is 0.253 e. The van der Waals surface area contributed by atoms with Gasteiger partial charge in [-0.1, -0.05) is 37.8 Å². The molecule has 2 heterocycles. The Kier molecular flexibility index (Phi) is 6.51. The van der Waals surface area contributed by atoms with Crippen molar-refractivity contribution in [3.63, 3.8) is 0 Å². The zero-order chi connectivity index (χ0) is 21.8. The SMILES string of the molecule is O=C(CCC1CCCC1)N1CCC(O)(Cn2cnc(-c3ccccc3F)cc2=O)CC1. The quantitative estimate of drug-likeness (QED) is 0.767. The number of carbonyl (C=O) groups excluding carboxylic acids is 1. The van der Waals surface area contributed by atoms with E-state index in [4.69, 9.17) is 0 Å². The Hall–Kier alpha value is -2.54. The molecule has 0 atom stereocenters. The smallest absolute Gasteiger partial charge is 0.253 e. The second-order valence-corrected chi connectivity index (χ2v) is 9.01.